The van der Waals surface area contributed by atoms with Crippen LogP contribution < -0.4 is 0 Å². The molecule has 1 saturated heterocycles. The molecule has 0 spiro atoms. The molecular weight excluding hydrogens is 226 g/mol. The van der Waals surface area contributed by atoms with Crippen LogP contribution in [0.25, 0.3) is 0 Å². The van der Waals surface area contributed by atoms with Crippen LogP contribution in [0.4, 0.5) is 0 Å². The van der Waals surface area contributed by atoms with Gasteiger partial charge in [0, 0.05) is 25.9 Å². The van der Waals surface area contributed by atoms with Gasteiger partial charge in [0.2, 0.25) is 0 Å². The Labute approximate surface area is 110 Å². The topological polar surface area (TPSA) is 41.3 Å². The number of aliphatic hydroxyl groups excluding tert-OH is 1. The van der Waals surface area contributed by atoms with Gasteiger partial charge in [-0.1, -0.05) is 6.42 Å². The maximum atomic E-state index is 9.09. The number of aryl methyl sites for hydroxylation is 2. The molecule has 4 nitrogen and oxygen atoms in total. The lowest BCUT2D eigenvalue weighted by molar-refractivity contribution is 0.220. The Morgan fingerprint density at radius 2 is 2.17 bits per heavy atom. The van der Waals surface area contributed by atoms with E-state index in [4.69, 9.17) is 5.11 Å². The van der Waals surface area contributed by atoms with Gasteiger partial charge in [-0.15, -0.1) is 0 Å². The van der Waals surface area contributed by atoms with Gasteiger partial charge in [-0.25, -0.2) is 0 Å². The van der Waals surface area contributed by atoms with Crippen molar-refractivity contribution < 1.29 is 5.11 Å². The van der Waals surface area contributed by atoms with Crippen molar-refractivity contribution in [2.75, 3.05) is 26.2 Å². The molecule has 1 atom stereocenters. The second-order valence-electron chi connectivity index (χ2n) is 5.48. The Kier molecular flexibility index (Phi) is 5.20. The Morgan fingerprint density at radius 3 is 2.83 bits per heavy atom. The van der Waals surface area contributed by atoms with Crippen molar-refractivity contribution >= 4 is 0 Å². The summed E-state index contributed by atoms with van der Waals surface area (Å²) in [6, 6.07) is 0. The van der Waals surface area contributed by atoms with Gasteiger partial charge in [-0.05, 0) is 50.8 Å². The molecule has 1 aliphatic heterocycles. The molecule has 1 aliphatic rings. The predicted molar refractivity (Wildman–Crippen MR) is 72.4 cm³/mol. The van der Waals surface area contributed by atoms with Crippen LogP contribution >= 0.6 is 0 Å². The summed E-state index contributed by atoms with van der Waals surface area (Å²) in [5, 5.41) is 13.4. The van der Waals surface area contributed by atoms with Crippen molar-refractivity contribution in [1.29, 1.82) is 0 Å². The minimum Gasteiger partial charge on any atom is -0.396 e. The van der Waals surface area contributed by atoms with Gasteiger partial charge >= 0.3 is 0 Å². The monoisotopic (exact) mass is 251 g/mol. The molecule has 1 N–H and O–H groups in total. The fourth-order valence-corrected chi connectivity index (χ4v) is 2.64. The first kappa shape index (κ1) is 13.6. The highest BCUT2D eigenvalue weighted by Crippen LogP contribution is 2.15. The minimum atomic E-state index is 0.356. The van der Waals surface area contributed by atoms with Gasteiger partial charge in [0.15, 0.2) is 0 Å². The van der Waals surface area contributed by atoms with E-state index in [1.165, 1.54) is 44.3 Å². The standard InChI is InChI=1S/C14H25N3O/c1-13-9-15-17(10-13)7-4-2-3-6-16-8-5-14(11-16)12-18/h9-10,14,18H,2-8,11-12H2,1H3. The van der Waals surface area contributed by atoms with Gasteiger partial charge in [0.1, 0.15) is 0 Å². The molecule has 102 valence electrons. The van der Waals surface area contributed by atoms with Crippen LogP contribution in [-0.4, -0.2) is 46.0 Å². The van der Waals surface area contributed by atoms with E-state index < -0.39 is 0 Å². The van der Waals surface area contributed by atoms with E-state index >= 15 is 0 Å². The number of nitrogens with zero attached hydrogens (tertiary/aromatic N) is 3. The first-order chi connectivity index (χ1) is 8.78. The van der Waals surface area contributed by atoms with E-state index in [-0.39, 0.29) is 0 Å². The average Bonchev–Trinajstić information content (AvgIpc) is 2.98. The van der Waals surface area contributed by atoms with E-state index in [0.29, 0.717) is 12.5 Å². The third-order valence-corrected chi connectivity index (χ3v) is 3.75. The van der Waals surface area contributed by atoms with Gasteiger partial charge in [0.05, 0.1) is 6.20 Å². The molecule has 4 heteroatoms. The number of aliphatic hydroxyl groups is 1. The number of rotatable bonds is 7. The zero-order valence-electron chi connectivity index (χ0n) is 11.4. The average molecular weight is 251 g/mol. The summed E-state index contributed by atoms with van der Waals surface area (Å²) < 4.78 is 2.03. The highest BCUT2D eigenvalue weighted by atomic mass is 16.3. The molecule has 0 amide bonds. The van der Waals surface area contributed by atoms with E-state index in [0.717, 1.165) is 13.1 Å². The van der Waals surface area contributed by atoms with E-state index in [9.17, 15) is 0 Å². The number of hydrogen-bond donors (Lipinski definition) is 1. The second-order valence-corrected chi connectivity index (χ2v) is 5.48. The molecule has 1 unspecified atom stereocenters. The molecule has 0 aromatic carbocycles. The summed E-state index contributed by atoms with van der Waals surface area (Å²) in [7, 11) is 0. The van der Waals surface area contributed by atoms with Crippen molar-refractivity contribution in [2.45, 2.75) is 39.2 Å². The molecule has 0 radical (unpaired) electrons. The fraction of sp³-hybridized carbons (Fsp3) is 0.786. The largest absolute Gasteiger partial charge is 0.396 e. The summed E-state index contributed by atoms with van der Waals surface area (Å²) >= 11 is 0. The number of likely N-dealkylation sites (tertiary alicyclic amines) is 1. The molecule has 1 fully saturated rings. The van der Waals surface area contributed by atoms with Crippen molar-refractivity contribution in [1.82, 2.24) is 14.7 Å². The van der Waals surface area contributed by atoms with E-state index in [1.807, 2.05) is 10.9 Å². The summed E-state index contributed by atoms with van der Waals surface area (Å²) in [6.45, 7) is 6.92. The minimum absolute atomic E-state index is 0.356. The van der Waals surface area contributed by atoms with Crippen molar-refractivity contribution in [3.05, 3.63) is 18.0 Å². The maximum Gasteiger partial charge on any atom is 0.0518 e. The lowest BCUT2D eigenvalue weighted by atomic mass is 10.1. The molecule has 0 aliphatic carbocycles. The van der Waals surface area contributed by atoms with E-state index in [1.54, 1.807) is 0 Å². The van der Waals surface area contributed by atoms with Gasteiger partial charge in [0.25, 0.3) is 0 Å². The van der Waals surface area contributed by atoms with Crippen molar-refractivity contribution in [3.63, 3.8) is 0 Å². The number of aromatic nitrogens is 2. The summed E-state index contributed by atoms with van der Waals surface area (Å²) in [5.41, 5.74) is 1.24. The molecular formula is C14H25N3O. The van der Waals surface area contributed by atoms with Crippen molar-refractivity contribution in [3.8, 4) is 0 Å². The molecule has 1 aromatic rings. The quantitative estimate of drug-likeness (QED) is 0.750. The molecule has 0 saturated carbocycles. The molecule has 0 bridgehead atoms. The zero-order valence-corrected chi connectivity index (χ0v) is 11.4. The van der Waals surface area contributed by atoms with Crippen LogP contribution in [0.1, 0.15) is 31.2 Å². The van der Waals surface area contributed by atoms with Crippen LogP contribution in [0.3, 0.4) is 0 Å². The van der Waals surface area contributed by atoms with E-state index in [2.05, 4.69) is 23.1 Å². The lowest BCUT2D eigenvalue weighted by Crippen LogP contribution is -2.22. The second kappa shape index (κ2) is 6.90. The molecule has 18 heavy (non-hydrogen) atoms. The summed E-state index contributed by atoms with van der Waals surface area (Å²) in [6.07, 6.45) is 8.92. The molecule has 1 aromatic heterocycles. The number of hydrogen-bond acceptors (Lipinski definition) is 3. The summed E-state index contributed by atoms with van der Waals surface area (Å²) in [4.78, 5) is 2.49. The van der Waals surface area contributed by atoms with Crippen LogP contribution in [0.5, 0.6) is 0 Å². The van der Waals surface area contributed by atoms with Gasteiger partial charge in [-0.3, -0.25) is 4.68 Å². The fourth-order valence-electron chi connectivity index (χ4n) is 2.64. The first-order valence-corrected chi connectivity index (χ1v) is 7.10. The van der Waals surface area contributed by atoms with Crippen LogP contribution in [0.2, 0.25) is 0 Å². The Bertz CT molecular complexity index is 351. The summed E-state index contributed by atoms with van der Waals surface area (Å²) in [5.74, 6) is 0.525. The van der Waals surface area contributed by atoms with Gasteiger partial charge < -0.3 is 10.0 Å². The number of unbranched alkanes of at least 4 members (excludes halogenated alkanes) is 2. The lowest BCUT2D eigenvalue weighted by Gasteiger charge is -2.15. The Balaban J connectivity index is 1.51. The third-order valence-electron chi connectivity index (χ3n) is 3.75. The zero-order chi connectivity index (χ0) is 12.8. The maximum absolute atomic E-state index is 9.09. The van der Waals surface area contributed by atoms with Crippen molar-refractivity contribution in [2.24, 2.45) is 5.92 Å². The van der Waals surface area contributed by atoms with Crippen LogP contribution in [-0.2, 0) is 6.54 Å². The normalized spacial score (nSPS) is 20.7. The Morgan fingerprint density at radius 1 is 1.33 bits per heavy atom. The van der Waals surface area contributed by atoms with Crippen LogP contribution in [0.15, 0.2) is 12.4 Å². The Hall–Kier alpha value is -0.870. The predicted octanol–water partition coefficient (Wildman–Crippen LogP) is 1.68. The molecule has 2 heterocycles. The first-order valence-electron chi connectivity index (χ1n) is 7.10. The van der Waals surface area contributed by atoms with Gasteiger partial charge in [-0.2, -0.15) is 5.10 Å². The van der Waals surface area contributed by atoms with Crippen LogP contribution in [0, 0.1) is 12.8 Å². The SMILES string of the molecule is Cc1cnn(CCCCCN2CCC(CO)C2)c1. The third kappa shape index (κ3) is 4.10. The smallest absolute Gasteiger partial charge is 0.0518 e. The highest BCUT2D eigenvalue weighted by molar-refractivity contribution is 4.99. The molecule has 2 rings (SSSR count). The highest BCUT2D eigenvalue weighted by Gasteiger charge is 2.20.